The Morgan fingerprint density at radius 1 is 1.15 bits per heavy atom. The van der Waals surface area contributed by atoms with E-state index in [4.69, 9.17) is 4.43 Å². The molecular formula is C21H34O3SSi. The quantitative estimate of drug-likeness (QED) is 0.222. The first kappa shape index (κ1) is 22.7. The molecule has 0 unspecified atom stereocenters. The molecule has 0 atom stereocenters. The second-order valence-electron chi connectivity index (χ2n) is 8.36. The summed E-state index contributed by atoms with van der Waals surface area (Å²) < 4.78 is 30.7. The first-order valence-corrected chi connectivity index (χ1v) is 13.8. The number of hydrogen-bond donors (Lipinski definition) is 0. The van der Waals surface area contributed by atoms with Crippen LogP contribution >= 0.6 is 0 Å². The number of aryl methyl sites for hydroxylation is 1. The van der Waals surface area contributed by atoms with Crippen molar-refractivity contribution in [3.05, 3.63) is 54.3 Å². The highest BCUT2D eigenvalue weighted by Crippen LogP contribution is 2.37. The van der Waals surface area contributed by atoms with Crippen molar-refractivity contribution in [1.29, 1.82) is 0 Å². The molecule has 0 radical (unpaired) electrons. The number of unbranched alkanes of at least 4 members (excludes halogenated alkanes) is 2. The van der Waals surface area contributed by atoms with E-state index in [1.54, 1.807) is 12.1 Å². The summed E-state index contributed by atoms with van der Waals surface area (Å²) >= 11 is 0. The molecule has 0 N–H and O–H groups in total. The summed E-state index contributed by atoms with van der Waals surface area (Å²) in [5.74, 6) is 0.884. The van der Waals surface area contributed by atoms with E-state index in [1.165, 1.54) is 0 Å². The Morgan fingerprint density at radius 2 is 1.73 bits per heavy atom. The monoisotopic (exact) mass is 394 g/mol. The maximum absolute atomic E-state index is 12.3. The molecule has 0 aliphatic heterocycles. The Labute approximate surface area is 161 Å². The average Bonchev–Trinajstić information content (AvgIpc) is 2.49. The van der Waals surface area contributed by atoms with Gasteiger partial charge in [0.25, 0.3) is 0 Å². The lowest BCUT2D eigenvalue weighted by atomic mass is 10.2. The van der Waals surface area contributed by atoms with Crippen LogP contribution in [0.3, 0.4) is 0 Å². The van der Waals surface area contributed by atoms with Crippen molar-refractivity contribution in [2.45, 2.75) is 70.0 Å². The Bertz CT molecular complexity index is 724. The molecule has 0 heterocycles. The first-order chi connectivity index (χ1) is 11.8. The molecule has 26 heavy (non-hydrogen) atoms. The highest BCUT2D eigenvalue weighted by molar-refractivity contribution is 7.91. The highest BCUT2D eigenvalue weighted by atomic mass is 32.2. The Balaban J connectivity index is 2.39. The van der Waals surface area contributed by atoms with Crippen molar-refractivity contribution in [2.24, 2.45) is 0 Å². The van der Waals surface area contributed by atoms with E-state index >= 15 is 0 Å². The van der Waals surface area contributed by atoms with Crippen LogP contribution < -0.4 is 0 Å². The molecule has 146 valence electrons. The van der Waals surface area contributed by atoms with Gasteiger partial charge in [0.2, 0.25) is 8.32 Å². The zero-order valence-electron chi connectivity index (χ0n) is 17.1. The minimum absolute atomic E-state index is 0.147. The fraction of sp³-hybridized carbons (Fsp3) is 0.524. The lowest BCUT2D eigenvalue weighted by molar-refractivity contribution is 0.401. The normalized spacial score (nSPS) is 13.2. The maximum Gasteiger partial charge on any atom is 0.250 e. The van der Waals surface area contributed by atoms with Gasteiger partial charge >= 0.3 is 0 Å². The summed E-state index contributed by atoms with van der Waals surface area (Å²) in [6.07, 6.45) is 6.23. The Morgan fingerprint density at radius 3 is 2.27 bits per heavy atom. The van der Waals surface area contributed by atoms with Crippen molar-refractivity contribution in [1.82, 2.24) is 0 Å². The third kappa shape index (κ3) is 7.12. The van der Waals surface area contributed by atoms with E-state index in [0.717, 1.165) is 18.4 Å². The summed E-state index contributed by atoms with van der Waals surface area (Å²) in [6.45, 7) is 16.9. The number of benzene rings is 1. The van der Waals surface area contributed by atoms with Crippen molar-refractivity contribution in [3.8, 4) is 0 Å². The van der Waals surface area contributed by atoms with Gasteiger partial charge in [-0.2, -0.15) is 0 Å². The number of rotatable bonds is 9. The van der Waals surface area contributed by atoms with Gasteiger partial charge in [0.1, 0.15) is 0 Å². The lowest BCUT2D eigenvalue weighted by Crippen LogP contribution is -2.40. The molecular weight excluding hydrogens is 360 g/mol. The van der Waals surface area contributed by atoms with Crippen LogP contribution in [0.2, 0.25) is 18.1 Å². The predicted octanol–water partition coefficient (Wildman–Crippen LogP) is 6.03. The van der Waals surface area contributed by atoms with E-state index in [0.29, 0.717) is 17.1 Å². The van der Waals surface area contributed by atoms with Crippen LogP contribution in [0.25, 0.3) is 0 Å². The minimum Gasteiger partial charge on any atom is -0.544 e. The van der Waals surface area contributed by atoms with Gasteiger partial charge in [-0.25, -0.2) is 8.42 Å². The SMILES string of the molecule is C=C(/C=C/CCCCS(=O)(=O)c1ccc(C)cc1)O[Si](C)(C)C(C)(C)C. The van der Waals surface area contributed by atoms with Crippen LogP contribution in [0, 0.1) is 6.92 Å². The summed E-state index contributed by atoms with van der Waals surface area (Å²) in [5, 5.41) is 0.147. The molecule has 0 aromatic heterocycles. The Kier molecular flexibility index (Phi) is 7.90. The number of hydrogen-bond acceptors (Lipinski definition) is 3. The molecule has 0 bridgehead atoms. The summed E-state index contributed by atoms with van der Waals surface area (Å²) in [5.41, 5.74) is 1.06. The van der Waals surface area contributed by atoms with Crippen LogP contribution in [0.15, 0.2) is 53.7 Å². The van der Waals surface area contributed by atoms with Gasteiger partial charge in [-0.1, -0.05) is 51.1 Å². The molecule has 0 fully saturated rings. The van der Waals surface area contributed by atoms with Crippen LogP contribution in [-0.2, 0) is 14.3 Å². The molecule has 5 heteroatoms. The number of sulfone groups is 1. The number of allylic oxidation sites excluding steroid dienone is 2. The predicted molar refractivity (Wildman–Crippen MR) is 114 cm³/mol. The van der Waals surface area contributed by atoms with Crippen LogP contribution in [0.4, 0.5) is 0 Å². The van der Waals surface area contributed by atoms with Crippen LogP contribution in [-0.4, -0.2) is 22.5 Å². The van der Waals surface area contributed by atoms with Gasteiger partial charge in [-0.05, 0) is 62.5 Å². The average molecular weight is 395 g/mol. The lowest BCUT2D eigenvalue weighted by Gasteiger charge is -2.36. The van der Waals surface area contributed by atoms with Gasteiger partial charge in [0, 0.05) is 0 Å². The molecule has 0 spiro atoms. The standard InChI is InChI=1S/C21H34O3SSi/c1-18-13-15-20(16-14-18)25(22,23)17-11-9-8-10-12-19(2)24-26(6,7)21(3,4)5/h10,12-16H,2,8-9,11,17H2,1,3-7H3/b12-10+. The molecule has 3 nitrogen and oxygen atoms in total. The summed E-state index contributed by atoms with van der Waals surface area (Å²) in [6, 6.07) is 7.05. The first-order valence-electron chi connectivity index (χ1n) is 9.19. The van der Waals surface area contributed by atoms with Gasteiger partial charge in [-0.3, -0.25) is 0 Å². The third-order valence-corrected chi connectivity index (χ3v) is 11.1. The topological polar surface area (TPSA) is 43.4 Å². The van der Waals surface area contributed by atoms with E-state index in [9.17, 15) is 8.42 Å². The van der Waals surface area contributed by atoms with Gasteiger partial charge in [0.05, 0.1) is 16.4 Å². The molecule has 0 saturated heterocycles. The van der Waals surface area contributed by atoms with E-state index in [1.807, 2.05) is 31.2 Å². The fourth-order valence-electron chi connectivity index (χ4n) is 2.15. The molecule has 0 amide bonds. The van der Waals surface area contributed by atoms with Crippen molar-refractivity contribution < 1.29 is 12.8 Å². The van der Waals surface area contributed by atoms with Gasteiger partial charge < -0.3 is 4.43 Å². The molecule has 1 rings (SSSR count). The Hall–Kier alpha value is -1.33. The highest BCUT2D eigenvalue weighted by Gasteiger charge is 2.38. The molecule has 1 aromatic carbocycles. The zero-order valence-corrected chi connectivity index (χ0v) is 18.9. The van der Waals surface area contributed by atoms with Crippen molar-refractivity contribution >= 4 is 18.2 Å². The second-order valence-corrected chi connectivity index (χ2v) is 15.2. The summed E-state index contributed by atoms with van der Waals surface area (Å²) in [4.78, 5) is 0.412. The van der Waals surface area contributed by atoms with Crippen LogP contribution in [0.1, 0.15) is 45.6 Å². The van der Waals surface area contributed by atoms with Gasteiger partial charge in [-0.15, -0.1) is 0 Å². The van der Waals surface area contributed by atoms with Crippen molar-refractivity contribution in [2.75, 3.05) is 5.75 Å². The largest absolute Gasteiger partial charge is 0.544 e. The fourth-order valence-corrected chi connectivity index (χ4v) is 4.55. The maximum atomic E-state index is 12.3. The zero-order chi connectivity index (χ0) is 20.0. The molecule has 0 aliphatic rings. The van der Waals surface area contributed by atoms with Crippen LogP contribution in [0.5, 0.6) is 0 Å². The summed E-state index contributed by atoms with van der Waals surface area (Å²) in [7, 11) is -5.02. The third-order valence-electron chi connectivity index (χ3n) is 4.91. The van der Waals surface area contributed by atoms with E-state index in [2.05, 4.69) is 40.4 Å². The molecule has 0 aliphatic carbocycles. The molecule has 1 aromatic rings. The smallest absolute Gasteiger partial charge is 0.250 e. The van der Waals surface area contributed by atoms with E-state index in [-0.39, 0.29) is 10.8 Å². The second kappa shape index (κ2) is 9.04. The van der Waals surface area contributed by atoms with Gasteiger partial charge in [0.15, 0.2) is 9.84 Å². The van der Waals surface area contributed by atoms with Crippen molar-refractivity contribution in [3.63, 3.8) is 0 Å². The van der Waals surface area contributed by atoms with E-state index < -0.39 is 18.2 Å². The molecule has 0 saturated carbocycles. The minimum atomic E-state index is -3.18.